The standard InChI is InChI=1S/C25H27F3N4O3/c1-13-20(24(34)32-16-5-7-17(33)8-6-16)22-23(31-13)21(29-12-30-22)18-10-15(25(26,27)28)4-9-19(18)35-11-14-2-3-14/h4,9-10,12,14,16-17,31,33H,2-3,5-8,11H2,1H3,(H,32,34)/t16-,17+. The number of carbonyl (C=O) groups excluding carboxylic acids is 1. The van der Waals surface area contributed by atoms with Crippen LogP contribution in [0.1, 0.15) is 60.1 Å². The van der Waals surface area contributed by atoms with Crippen molar-refractivity contribution in [1.29, 1.82) is 0 Å². The van der Waals surface area contributed by atoms with Crippen LogP contribution in [-0.2, 0) is 6.18 Å². The number of aromatic amines is 1. The number of hydrogen-bond acceptors (Lipinski definition) is 5. The van der Waals surface area contributed by atoms with Gasteiger partial charge in [-0.1, -0.05) is 0 Å². The summed E-state index contributed by atoms with van der Waals surface area (Å²) in [6, 6.07) is 3.31. The Morgan fingerprint density at radius 3 is 2.60 bits per heavy atom. The van der Waals surface area contributed by atoms with Gasteiger partial charge < -0.3 is 20.1 Å². The fourth-order valence-corrected chi connectivity index (χ4v) is 4.59. The van der Waals surface area contributed by atoms with Crippen LogP contribution < -0.4 is 10.1 Å². The molecule has 0 radical (unpaired) electrons. The summed E-state index contributed by atoms with van der Waals surface area (Å²) in [6.45, 7) is 2.15. The van der Waals surface area contributed by atoms with Crippen molar-refractivity contribution >= 4 is 16.9 Å². The Morgan fingerprint density at radius 2 is 1.91 bits per heavy atom. The maximum atomic E-state index is 13.5. The number of nitrogens with one attached hydrogen (secondary N) is 2. The number of amides is 1. The first-order valence-electron chi connectivity index (χ1n) is 11.9. The van der Waals surface area contributed by atoms with E-state index in [1.165, 1.54) is 12.4 Å². The molecule has 5 rings (SSSR count). The normalized spacial score (nSPS) is 20.7. The van der Waals surface area contributed by atoms with E-state index < -0.39 is 11.7 Å². The molecular weight excluding hydrogens is 461 g/mol. The van der Waals surface area contributed by atoms with Crippen LogP contribution >= 0.6 is 0 Å². The fraction of sp³-hybridized carbons (Fsp3) is 0.480. The Kier molecular flexibility index (Phi) is 6.16. The van der Waals surface area contributed by atoms with Crippen molar-refractivity contribution in [2.24, 2.45) is 5.92 Å². The van der Waals surface area contributed by atoms with Crippen LogP contribution in [0.2, 0.25) is 0 Å². The lowest BCUT2D eigenvalue weighted by molar-refractivity contribution is -0.137. The number of ether oxygens (including phenoxy) is 1. The number of hydrogen-bond donors (Lipinski definition) is 3. The monoisotopic (exact) mass is 488 g/mol. The number of nitrogens with zero attached hydrogens (tertiary/aromatic N) is 2. The number of aryl methyl sites for hydroxylation is 1. The molecule has 0 unspecified atom stereocenters. The number of rotatable bonds is 6. The summed E-state index contributed by atoms with van der Waals surface area (Å²) in [6.07, 6.45) is 1.10. The molecule has 0 spiro atoms. The van der Waals surface area contributed by atoms with Crippen LogP contribution in [0.15, 0.2) is 24.5 Å². The zero-order chi connectivity index (χ0) is 24.7. The largest absolute Gasteiger partial charge is 0.493 e. The van der Waals surface area contributed by atoms with Gasteiger partial charge in [-0.2, -0.15) is 13.2 Å². The van der Waals surface area contributed by atoms with Crippen molar-refractivity contribution in [3.05, 3.63) is 41.3 Å². The molecule has 3 aromatic rings. The molecule has 2 aliphatic carbocycles. The lowest BCUT2D eigenvalue weighted by Crippen LogP contribution is -2.38. The van der Waals surface area contributed by atoms with Crippen molar-refractivity contribution in [1.82, 2.24) is 20.3 Å². The number of carbonyl (C=O) groups is 1. The highest BCUT2D eigenvalue weighted by Gasteiger charge is 2.33. The van der Waals surface area contributed by atoms with Gasteiger partial charge in [0.2, 0.25) is 0 Å². The second-order valence-electron chi connectivity index (χ2n) is 9.51. The third-order valence-corrected chi connectivity index (χ3v) is 6.76. The van der Waals surface area contributed by atoms with E-state index in [2.05, 4.69) is 20.3 Å². The average molecular weight is 489 g/mol. The van der Waals surface area contributed by atoms with E-state index in [0.29, 0.717) is 66.2 Å². The molecule has 2 heterocycles. The molecule has 10 heteroatoms. The molecule has 2 aliphatic rings. The highest BCUT2D eigenvalue weighted by molar-refractivity contribution is 6.09. The van der Waals surface area contributed by atoms with Crippen LogP contribution in [0.25, 0.3) is 22.3 Å². The van der Waals surface area contributed by atoms with Gasteiger partial charge in [-0.05, 0) is 69.6 Å². The number of aliphatic hydroxyl groups excluding tert-OH is 1. The molecule has 0 saturated heterocycles. The van der Waals surface area contributed by atoms with Gasteiger partial charge in [-0.3, -0.25) is 4.79 Å². The number of benzene rings is 1. The van der Waals surface area contributed by atoms with E-state index in [-0.39, 0.29) is 29.3 Å². The maximum absolute atomic E-state index is 13.5. The zero-order valence-corrected chi connectivity index (χ0v) is 19.3. The molecule has 1 amide bonds. The number of H-pyrrole nitrogens is 1. The molecule has 2 aromatic heterocycles. The second kappa shape index (κ2) is 9.14. The van der Waals surface area contributed by atoms with E-state index in [4.69, 9.17) is 4.74 Å². The van der Waals surface area contributed by atoms with Crippen LogP contribution in [0.4, 0.5) is 13.2 Å². The minimum absolute atomic E-state index is 0.0533. The summed E-state index contributed by atoms with van der Waals surface area (Å²) in [4.78, 5) is 24.9. The SMILES string of the molecule is Cc1[nH]c2c(-c3cc(C(F)(F)F)ccc3OCC3CC3)ncnc2c1C(=O)N[C@H]1CC[C@@H](O)CC1. The van der Waals surface area contributed by atoms with Gasteiger partial charge in [0.1, 0.15) is 23.3 Å². The fourth-order valence-electron chi connectivity index (χ4n) is 4.59. The third-order valence-electron chi connectivity index (χ3n) is 6.76. The summed E-state index contributed by atoms with van der Waals surface area (Å²) in [5.41, 5.74) is 1.23. The molecule has 3 N–H and O–H groups in total. The summed E-state index contributed by atoms with van der Waals surface area (Å²) in [5.74, 6) is 0.414. The van der Waals surface area contributed by atoms with E-state index >= 15 is 0 Å². The van der Waals surface area contributed by atoms with Crippen molar-refractivity contribution in [2.75, 3.05) is 6.61 Å². The molecule has 2 fully saturated rings. The van der Waals surface area contributed by atoms with Gasteiger partial charge in [0.05, 0.1) is 29.4 Å². The highest BCUT2D eigenvalue weighted by Crippen LogP contribution is 2.40. The Bertz CT molecular complexity index is 1240. The van der Waals surface area contributed by atoms with E-state index in [9.17, 15) is 23.1 Å². The predicted molar refractivity (Wildman–Crippen MR) is 123 cm³/mol. The summed E-state index contributed by atoms with van der Waals surface area (Å²) in [5, 5.41) is 12.7. The Balaban J connectivity index is 1.53. The first kappa shape index (κ1) is 23.6. The highest BCUT2D eigenvalue weighted by atomic mass is 19.4. The molecule has 0 aliphatic heterocycles. The summed E-state index contributed by atoms with van der Waals surface area (Å²) < 4.78 is 46.5. The Hall–Kier alpha value is -3.14. The van der Waals surface area contributed by atoms with Crippen molar-refractivity contribution in [3.63, 3.8) is 0 Å². The Labute approximate surface area is 200 Å². The molecule has 7 nitrogen and oxygen atoms in total. The number of aliphatic hydroxyl groups is 1. The minimum atomic E-state index is -4.53. The molecule has 0 bridgehead atoms. The maximum Gasteiger partial charge on any atom is 0.416 e. The molecule has 2 saturated carbocycles. The van der Waals surface area contributed by atoms with E-state index in [1.807, 2.05) is 0 Å². The minimum Gasteiger partial charge on any atom is -0.493 e. The smallest absolute Gasteiger partial charge is 0.416 e. The Morgan fingerprint density at radius 1 is 1.17 bits per heavy atom. The third kappa shape index (κ3) is 4.98. The first-order valence-corrected chi connectivity index (χ1v) is 11.9. The molecule has 0 atom stereocenters. The van der Waals surface area contributed by atoms with Crippen molar-refractivity contribution in [2.45, 2.75) is 63.8 Å². The predicted octanol–water partition coefficient (Wildman–Crippen LogP) is 4.77. The van der Waals surface area contributed by atoms with Crippen LogP contribution in [-0.4, -0.2) is 44.7 Å². The van der Waals surface area contributed by atoms with Gasteiger partial charge in [0.25, 0.3) is 5.91 Å². The first-order chi connectivity index (χ1) is 16.7. The van der Waals surface area contributed by atoms with Crippen LogP contribution in [0, 0.1) is 12.8 Å². The zero-order valence-electron chi connectivity index (χ0n) is 19.3. The van der Waals surface area contributed by atoms with E-state index in [0.717, 1.165) is 25.0 Å². The summed E-state index contributed by atoms with van der Waals surface area (Å²) >= 11 is 0. The average Bonchev–Trinajstić information content (AvgIpc) is 3.58. The molecule has 35 heavy (non-hydrogen) atoms. The molecular formula is C25H27F3N4O3. The molecule has 186 valence electrons. The molecule has 1 aromatic carbocycles. The van der Waals surface area contributed by atoms with Crippen LogP contribution in [0.3, 0.4) is 0 Å². The number of aromatic nitrogens is 3. The number of fused-ring (bicyclic) bond motifs is 1. The number of halogens is 3. The van der Waals surface area contributed by atoms with Gasteiger partial charge in [0, 0.05) is 17.3 Å². The second-order valence-corrected chi connectivity index (χ2v) is 9.51. The number of alkyl halides is 3. The van der Waals surface area contributed by atoms with Crippen molar-refractivity contribution < 1.29 is 27.8 Å². The lowest BCUT2D eigenvalue weighted by atomic mass is 9.93. The summed E-state index contributed by atoms with van der Waals surface area (Å²) in [7, 11) is 0. The van der Waals surface area contributed by atoms with Crippen LogP contribution in [0.5, 0.6) is 5.75 Å². The van der Waals surface area contributed by atoms with Gasteiger partial charge in [-0.15, -0.1) is 0 Å². The quantitative estimate of drug-likeness (QED) is 0.464. The van der Waals surface area contributed by atoms with E-state index in [1.54, 1.807) is 6.92 Å². The van der Waals surface area contributed by atoms with Gasteiger partial charge in [0.15, 0.2) is 0 Å². The van der Waals surface area contributed by atoms with Gasteiger partial charge in [-0.25, -0.2) is 9.97 Å². The van der Waals surface area contributed by atoms with Gasteiger partial charge >= 0.3 is 6.18 Å². The lowest BCUT2D eigenvalue weighted by Gasteiger charge is -2.26. The van der Waals surface area contributed by atoms with Crippen molar-refractivity contribution in [3.8, 4) is 17.0 Å². The topological polar surface area (TPSA) is 100 Å².